The van der Waals surface area contributed by atoms with Crippen molar-refractivity contribution >= 4 is 27.3 Å². The lowest BCUT2D eigenvalue weighted by molar-refractivity contribution is 0.0564. The fraction of sp³-hybridized carbons (Fsp3) is 0.412. The molecule has 0 bridgehead atoms. The molecule has 3 heterocycles. The second kappa shape index (κ2) is 8.26. The molecule has 0 amide bonds. The first-order chi connectivity index (χ1) is 12.5. The van der Waals surface area contributed by atoms with Gasteiger partial charge in [-0.25, -0.2) is 17.9 Å². The Bertz CT molecular complexity index is 845. The molecule has 1 saturated heterocycles. The first kappa shape index (κ1) is 19.0. The summed E-state index contributed by atoms with van der Waals surface area (Å²) in [5, 5.41) is 1.56. The Morgan fingerprint density at radius 3 is 2.81 bits per heavy atom. The van der Waals surface area contributed by atoms with Gasteiger partial charge in [0.1, 0.15) is 9.77 Å². The minimum absolute atomic E-state index is 0.0599. The van der Waals surface area contributed by atoms with Gasteiger partial charge in [-0.3, -0.25) is 4.98 Å². The van der Waals surface area contributed by atoms with E-state index in [0.29, 0.717) is 13.2 Å². The van der Waals surface area contributed by atoms with Crippen LogP contribution in [0.3, 0.4) is 0 Å². The van der Waals surface area contributed by atoms with Crippen LogP contribution in [0.15, 0.2) is 40.9 Å². The number of nitrogens with zero attached hydrogens (tertiary/aromatic N) is 1. The Morgan fingerprint density at radius 1 is 1.38 bits per heavy atom. The van der Waals surface area contributed by atoms with Crippen LogP contribution in [0.5, 0.6) is 0 Å². The maximum absolute atomic E-state index is 13.0. The van der Waals surface area contributed by atoms with Gasteiger partial charge in [0.15, 0.2) is 0 Å². The fourth-order valence-corrected chi connectivity index (χ4v) is 5.65. The summed E-state index contributed by atoms with van der Waals surface area (Å²) < 4.78 is 38.9. The second-order valence-electron chi connectivity index (χ2n) is 5.94. The van der Waals surface area contributed by atoms with Crippen LogP contribution in [0.4, 0.5) is 0 Å². The molecule has 2 aromatic rings. The van der Waals surface area contributed by atoms with Crippen LogP contribution in [0, 0.1) is 5.92 Å². The molecule has 1 atom stereocenters. The summed E-state index contributed by atoms with van der Waals surface area (Å²) in [6.45, 7) is 1.18. The molecule has 1 aliphatic heterocycles. The van der Waals surface area contributed by atoms with E-state index < -0.39 is 22.0 Å². The molecule has 3 rings (SSSR count). The van der Waals surface area contributed by atoms with E-state index in [1.165, 1.54) is 13.2 Å². The first-order valence-corrected chi connectivity index (χ1v) is 10.5. The van der Waals surface area contributed by atoms with Gasteiger partial charge in [0.2, 0.25) is 10.0 Å². The maximum Gasteiger partial charge on any atom is 0.349 e. The number of ether oxygens (including phenoxy) is 2. The molecule has 7 nitrogen and oxygen atoms in total. The van der Waals surface area contributed by atoms with Crippen molar-refractivity contribution in [2.75, 3.05) is 20.3 Å². The number of aromatic nitrogens is 1. The fourth-order valence-electron chi connectivity index (χ4n) is 3.03. The van der Waals surface area contributed by atoms with Crippen molar-refractivity contribution in [3.05, 3.63) is 46.4 Å². The number of methoxy groups -OCH3 is 1. The SMILES string of the molecule is COC(=O)c1sccc1S(=O)(=O)NC(c1cccnc1)C1CCOCC1. The Labute approximate surface area is 156 Å². The van der Waals surface area contributed by atoms with Crippen LogP contribution in [0.2, 0.25) is 0 Å². The van der Waals surface area contributed by atoms with Gasteiger partial charge in [-0.05, 0) is 41.8 Å². The molecule has 26 heavy (non-hydrogen) atoms. The second-order valence-corrected chi connectivity index (χ2v) is 8.54. The predicted octanol–water partition coefficient (Wildman–Crippen LogP) is 2.38. The maximum atomic E-state index is 13.0. The summed E-state index contributed by atoms with van der Waals surface area (Å²) in [5.41, 5.74) is 0.790. The molecule has 9 heteroatoms. The zero-order valence-electron chi connectivity index (χ0n) is 14.3. The third-order valence-electron chi connectivity index (χ3n) is 4.35. The van der Waals surface area contributed by atoms with E-state index in [2.05, 4.69) is 14.4 Å². The van der Waals surface area contributed by atoms with Gasteiger partial charge in [0.25, 0.3) is 0 Å². The van der Waals surface area contributed by atoms with Crippen molar-refractivity contribution in [2.24, 2.45) is 5.92 Å². The van der Waals surface area contributed by atoms with E-state index in [4.69, 9.17) is 4.74 Å². The lowest BCUT2D eigenvalue weighted by atomic mass is 9.88. The highest BCUT2D eigenvalue weighted by Crippen LogP contribution is 2.32. The molecule has 0 radical (unpaired) electrons. The van der Waals surface area contributed by atoms with E-state index in [9.17, 15) is 13.2 Å². The third kappa shape index (κ3) is 4.12. The van der Waals surface area contributed by atoms with Crippen LogP contribution in [0.25, 0.3) is 0 Å². The molecule has 0 saturated carbocycles. The minimum atomic E-state index is -3.91. The largest absolute Gasteiger partial charge is 0.465 e. The lowest BCUT2D eigenvalue weighted by Crippen LogP contribution is -2.36. The molecule has 0 aromatic carbocycles. The van der Waals surface area contributed by atoms with Crippen molar-refractivity contribution < 1.29 is 22.7 Å². The molecule has 2 aromatic heterocycles. The number of carbonyl (C=O) groups excluding carboxylic acids is 1. The highest BCUT2D eigenvalue weighted by molar-refractivity contribution is 7.89. The van der Waals surface area contributed by atoms with Crippen LogP contribution >= 0.6 is 11.3 Å². The lowest BCUT2D eigenvalue weighted by Gasteiger charge is -2.31. The minimum Gasteiger partial charge on any atom is -0.465 e. The monoisotopic (exact) mass is 396 g/mol. The summed E-state index contributed by atoms with van der Waals surface area (Å²) in [4.78, 5) is 16.0. The van der Waals surface area contributed by atoms with Gasteiger partial charge in [-0.2, -0.15) is 0 Å². The van der Waals surface area contributed by atoms with E-state index in [1.807, 2.05) is 6.07 Å². The molecule has 140 valence electrons. The number of hydrogen-bond donors (Lipinski definition) is 1. The number of thiophene rings is 1. The predicted molar refractivity (Wildman–Crippen MR) is 96.5 cm³/mol. The number of rotatable bonds is 6. The van der Waals surface area contributed by atoms with E-state index in [0.717, 1.165) is 29.7 Å². The number of carbonyl (C=O) groups is 1. The van der Waals surface area contributed by atoms with Crippen LogP contribution in [-0.2, 0) is 19.5 Å². The summed E-state index contributed by atoms with van der Waals surface area (Å²) in [5.74, 6) is -0.577. The quantitative estimate of drug-likeness (QED) is 0.754. The van der Waals surface area contributed by atoms with E-state index in [1.54, 1.807) is 23.8 Å². The highest BCUT2D eigenvalue weighted by atomic mass is 32.2. The Hall–Kier alpha value is -1.81. The molecule has 1 unspecified atom stereocenters. The van der Waals surface area contributed by atoms with Gasteiger partial charge < -0.3 is 9.47 Å². The molecule has 1 N–H and O–H groups in total. The molecule has 0 aliphatic carbocycles. The van der Waals surface area contributed by atoms with Crippen molar-refractivity contribution in [1.82, 2.24) is 9.71 Å². The normalized spacial score (nSPS) is 17.0. The van der Waals surface area contributed by atoms with Crippen LogP contribution < -0.4 is 4.72 Å². The first-order valence-electron chi connectivity index (χ1n) is 8.18. The summed E-state index contributed by atoms with van der Waals surface area (Å²) >= 11 is 1.04. The van der Waals surface area contributed by atoms with Crippen LogP contribution in [-0.4, -0.2) is 39.7 Å². The zero-order chi connectivity index (χ0) is 18.6. The van der Waals surface area contributed by atoms with Crippen molar-refractivity contribution in [1.29, 1.82) is 0 Å². The number of hydrogen-bond acceptors (Lipinski definition) is 7. The molecular formula is C17H20N2O5S2. The van der Waals surface area contributed by atoms with Crippen LogP contribution in [0.1, 0.15) is 34.1 Å². The van der Waals surface area contributed by atoms with Gasteiger partial charge in [-0.15, -0.1) is 11.3 Å². The van der Waals surface area contributed by atoms with Gasteiger partial charge in [-0.1, -0.05) is 6.07 Å². The molecule has 0 spiro atoms. The molecule has 1 aliphatic rings. The number of nitrogens with one attached hydrogen (secondary N) is 1. The van der Waals surface area contributed by atoms with Crippen molar-refractivity contribution in [3.8, 4) is 0 Å². The number of pyridine rings is 1. The molecule has 1 fully saturated rings. The summed E-state index contributed by atoms with van der Waals surface area (Å²) in [6.07, 6.45) is 4.80. The molecular weight excluding hydrogens is 376 g/mol. The Balaban J connectivity index is 1.93. The van der Waals surface area contributed by atoms with Gasteiger partial charge >= 0.3 is 5.97 Å². The van der Waals surface area contributed by atoms with Gasteiger partial charge in [0.05, 0.1) is 13.2 Å². The summed E-state index contributed by atoms with van der Waals surface area (Å²) in [6, 6.07) is 4.61. The van der Waals surface area contributed by atoms with Crippen molar-refractivity contribution in [3.63, 3.8) is 0 Å². The number of sulfonamides is 1. The van der Waals surface area contributed by atoms with Gasteiger partial charge in [0, 0.05) is 25.6 Å². The Kier molecular flexibility index (Phi) is 6.02. The van der Waals surface area contributed by atoms with E-state index in [-0.39, 0.29) is 15.7 Å². The smallest absolute Gasteiger partial charge is 0.349 e. The standard InChI is InChI=1S/C17H20N2O5S2/c1-23-17(20)16-14(6-10-25-16)26(21,22)19-15(12-4-8-24-9-5-12)13-3-2-7-18-11-13/h2-3,6-7,10-12,15,19H,4-5,8-9H2,1H3. The average Bonchev–Trinajstić information content (AvgIpc) is 3.18. The average molecular weight is 396 g/mol. The zero-order valence-corrected chi connectivity index (χ0v) is 15.9. The number of esters is 1. The third-order valence-corrected chi connectivity index (χ3v) is 6.86. The van der Waals surface area contributed by atoms with Crippen molar-refractivity contribution in [2.45, 2.75) is 23.8 Å². The Morgan fingerprint density at radius 2 is 2.15 bits per heavy atom. The van der Waals surface area contributed by atoms with E-state index >= 15 is 0 Å². The summed E-state index contributed by atoms with van der Waals surface area (Å²) in [7, 11) is -2.68. The highest BCUT2D eigenvalue weighted by Gasteiger charge is 2.32. The topological polar surface area (TPSA) is 94.6 Å².